The van der Waals surface area contributed by atoms with Crippen LogP contribution in [0, 0.1) is 0 Å². The molecule has 0 saturated heterocycles. The minimum absolute atomic E-state index is 0.227. The molecule has 0 atom stereocenters. The fourth-order valence-corrected chi connectivity index (χ4v) is 5.75. The van der Waals surface area contributed by atoms with Gasteiger partial charge in [-0.3, -0.25) is 9.13 Å². The molecule has 3 heterocycles. The van der Waals surface area contributed by atoms with Gasteiger partial charge in [0.15, 0.2) is 0 Å². The predicted octanol–water partition coefficient (Wildman–Crippen LogP) is 5.62. The van der Waals surface area contributed by atoms with Gasteiger partial charge in [0.2, 0.25) is 5.95 Å². The van der Waals surface area contributed by atoms with Crippen LogP contribution in [-0.4, -0.2) is 25.9 Å². The third-order valence-corrected chi connectivity index (χ3v) is 7.36. The van der Waals surface area contributed by atoms with Gasteiger partial charge in [0.05, 0.1) is 33.4 Å². The number of hydrogen-bond acceptors (Lipinski definition) is 3. The van der Waals surface area contributed by atoms with Crippen molar-refractivity contribution in [2.75, 3.05) is 4.81 Å². The summed E-state index contributed by atoms with van der Waals surface area (Å²) in [6.45, 7) is -0.227. The summed E-state index contributed by atoms with van der Waals surface area (Å²) in [5, 5.41) is 0. The standard InChI is InChI=1S/C32H22BN5/c1-3-13-23(14-4-1)33-31-34-25-17-7-9-19-27(25)36(31)29-21-11-12-22-30(29)37-28-20-10-8-18-26(28)35-32(37)38(33)24-15-5-2-6-16-24/h1-22H. The highest BCUT2D eigenvalue weighted by atomic mass is 15.3. The molecule has 0 amide bonds. The molecule has 5 nitrogen and oxygen atoms in total. The molecule has 7 aromatic rings. The third-order valence-electron chi connectivity index (χ3n) is 7.36. The van der Waals surface area contributed by atoms with Gasteiger partial charge in [-0.2, -0.15) is 0 Å². The molecule has 6 heteroatoms. The molecule has 0 spiro atoms. The van der Waals surface area contributed by atoms with Gasteiger partial charge in [-0.1, -0.05) is 84.9 Å². The minimum Gasteiger partial charge on any atom is -0.344 e. The molecule has 1 aliphatic rings. The second-order valence-corrected chi connectivity index (χ2v) is 9.54. The zero-order valence-electron chi connectivity index (χ0n) is 20.5. The van der Waals surface area contributed by atoms with Crippen molar-refractivity contribution in [3.63, 3.8) is 0 Å². The van der Waals surface area contributed by atoms with Gasteiger partial charge in [0.25, 0.3) is 0 Å². The lowest BCUT2D eigenvalue weighted by molar-refractivity contribution is 1.00. The van der Waals surface area contributed by atoms with Crippen molar-refractivity contribution in [2.24, 2.45) is 0 Å². The number of aromatic nitrogens is 4. The Bertz CT molecular complexity index is 1800. The molecule has 2 aromatic heterocycles. The lowest BCUT2D eigenvalue weighted by Gasteiger charge is -2.34. The molecule has 0 aliphatic carbocycles. The van der Waals surface area contributed by atoms with Crippen molar-refractivity contribution in [1.82, 2.24) is 19.1 Å². The number of para-hydroxylation sites is 7. The molecule has 178 valence electrons. The largest absolute Gasteiger partial charge is 0.373 e. The van der Waals surface area contributed by atoms with Gasteiger partial charge in [-0.05, 0) is 54.0 Å². The summed E-state index contributed by atoms with van der Waals surface area (Å²) in [5.41, 5.74) is 9.36. The fourth-order valence-electron chi connectivity index (χ4n) is 5.75. The number of hydrogen-bond donors (Lipinski definition) is 0. The van der Waals surface area contributed by atoms with E-state index in [0.717, 1.165) is 56.3 Å². The van der Waals surface area contributed by atoms with E-state index < -0.39 is 0 Å². The number of imidazole rings is 2. The van der Waals surface area contributed by atoms with Gasteiger partial charge in [-0.25, -0.2) is 9.97 Å². The van der Waals surface area contributed by atoms with Gasteiger partial charge in [-0.15, -0.1) is 0 Å². The van der Waals surface area contributed by atoms with Crippen LogP contribution in [0.15, 0.2) is 133 Å². The quantitative estimate of drug-likeness (QED) is 0.297. The summed E-state index contributed by atoms with van der Waals surface area (Å²) in [5.74, 6) is 0.858. The SMILES string of the molecule is c1ccc(B2c3nc4ccccc4n3-c3ccccc3-n3c(nc4ccccc43)N2c2ccccc2)cc1. The summed E-state index contributed by atoms with van der Waals surface area (Å²) in [6.07, 6.45) is 0. The molecule has 0 bridgehead atoms. The van der Waals surface area contributed by atoms with E-state index >= 15 is 0 Å². The van der Waals surface area contributed by atoms with Gasteiger partial charge < -0.3 is 4.81 Å². The van der Waals surface area contributed by atoms with Crippen LogP contribution in [0.3, 0.4) is 0 Å². The summed E-state index contributed by atoms with van der Waals surface area (Å²) < 4.78 is 4.63. The molecule has 0 fully saturated rings. The fraction of sp³-hybridized carbons (Fsp3) is 0. The van der Waals surface area contributed by atoms with E-state index in [1.165, 1.54) is 0 Å². The number of fused-ring (bicyclic) bond motifs is 9. The minimum atomic E-state index is -0.227. The first-order chi connectivity index (χ1) is 18.9. The first-order valence-corrected chi connectivity index (χ1v) is 12.8. The molecule has 0 radical (unpaired) electrons. The Hall–Kier alpha value is -5.10. The molecule has 8 rings (SSSR count). The number of rotatable bonds is 2. The van der Waals surface area contributed by atoms with Gasteiger partial charge in [0, 0.05) is 5.69 Å². The van der Waals surface area contributed by atoms with E-state index in [9.17, 15) is 0 Å². The van der Waals surface area contributed by atoms with Gasteiger partial charge in [0.1, 0.15) is 5.72 Å². The Labute approximate surface area is 220 Å². The van der Waals surface area contributed by atoms with Crippen LogP contribution in [-0.2, 0) is 0 Å². The van der Waals surface area contributed by atoms with Crippen LogP contribution < -0.4 is 16.0 Å². The molecule has 0 N–H and O–H groups in total. The average molecular weight is 487 g/mol. The van der Waals surface area contributed by atoms with Crippen molar-refractivity contribution in [3.05, 3.63) is 133 Å². The van der Waals surface area contributed by atoms with Gasteiger partial charge >= 0.3 is 6.85 Å². The highest BCUT2D eigenvalue weighted by Crippen LogP contribution is 2.37. The van der Waals surface area contributed by atoms with Crippen LogP contribution in [0.25, 0.3) is 33.4 Å². The predicted molar refractivity (Wildman–Crippen MR) is 156 cm³/mol. The molecular formula is C32H22BN5. The molecule has 5 aromatic carbocycles. The normalized spacial score (nSPS) is 12.6. The first kappa shape index (κ1) is 21.0. The first-order valence-electron chi connectivity index (χ1n) is 12.8. The van der Waals surface area contributed by atoms with Crippen LogP contribution in [0.2, 0.25) is 0 Å². The van der Waals surface area contributed by atoms with Crippen LogP contribution in [0.4, 0.5) is 11.6 Å². The smallest absolute Gasteiger partial charge is 0.344 e. The summed E-state index contributed by atoms with van der Waals surface area (Å²) in [6, 6.07) is 46.5. The highest BCUT2D eigenvalue weighted by molar-refractivity contribution is 6.88. The van der Waals surface area contributed by atoms with E-state index in [1.807, 2.05) is 0 Å². The second-order valence-electron chi connectivity index (χ2n) is 9.54. The van der Waals surface area contributed by atoms with Crippen molar-refractivity contribution in [3.8, 4) is 11.4 Å². The lowest BCUT2D eigenvalue weighted by Crippen LogP contribution is -2.59. The molecule has 0 unspecified atom stereocenters. The van der Waals surface area contributed by atoms with Crippen molar-refractivity contribution in [1.29, 1.82) is 0 Å². The summed E-state index contributed by atoms with van der Waals surface area (Å²) >= 11 is 0. The van der Waals surface area contributed by atoms with Crippen molar-refractivity contribution in [2.45, 2.75) is 0 Å². The number of benzene rings is 5. The van der Waals surface area contributed by atoms with E-state index in [4.69, 9.17) is 9.97 Å². The maximum Gasteiger partial charge on any atom is 0.373 e. The lowest BCUT2D eigenvalue weighted by atomic mass is 9.52. The molecular weight excluding hydrogens is 465 g/mol. The second kappa shape index (κ2) is 8.22. The number of anilines is 2. The Morgan fingerprint density at radius 1 is 0.474 bits per heavy atom. The maximum atomic E-state index is 5.30. The molecule has 0 saturated carbocycles. The highest BCUT2D eigenvalue weighted by Gasteiger charge is 2.39. The summed E-state index contributed by atoms with van der Waals surface area (Å²) in [4.78, 5) is 12.9. The van der Waals surface area contributed by atoms with Crippen molar-refractivity contribution < 1.29 is 0 Å². The average Bonchev–Trinajstić information content (AvgIpc) is 3.54. The zero-order valence-corrected chi connectivity index (χ0v) is 20.5. The Kier molecular flexibility index (Phi) is 4.55. The maximum absolute atomic E-state index is 5.30. The van der Waals surface area contributed by atoms with Crippen LogP contribution in [0.1, 0.15) is 0 Å². The monoisotopic (exact) mass is 487 g/mol. The van der Waals surface area contributed by atoms with E-state index in [1.54, 1.807) is 0 Å². The Morgan fingerprint density at radius 2 is 1.00 bits per heavy atom. The van der Waals surface area contributed by atoms with E-state index in [0.29, 0.717) is 0 Å². The van der Waals surface area contributed by atoms with Crippen LogP contribution >= 0.6 is 0 Å². The Morgan fingerprint density at radius 3 is 1.71 bits per heavy atom. The van der Waals surface area contributed by atoms with Crippen molar-refractivity contribution >= 4 is 51.7 Å². The third kappa shape index (κ3) is 3.00. The topological polar surface area (TPSA) is 38.9 Å². The van der Waals surface area contributed by atoms with Crippen LogP contribution in [0.5, 0.6) is 0 Å². The van der Waals surface area contributed by atoms with E-state index in [-0.39, 0.29) is 6.85 Å². The molecule has 1 aliphatic heterocycles. The number of nitrogens with zero attached hydrogens (tertiary/aromatic N) is 5. The summed E-state index contributed by atoms with van der Waals surface area (Å²) in [7, 11) is 0. The van der Waals surface area contributed by atoms with E-state index in [2.05, 4.69) is 147 Å². The Balaban J connectivity index is 1.60. The molecule has 38 heavy (non-hydrogen) atoms. The zero-order chi connectivity index (χ0) is 25.1.